The molecule has 3 rings (SSSR count). The van der Waals surface area contributed by atoms with Gasteiger partial charge in [-0.15, -0.1) is 0 Å². The fourth-order valence-electron chi connectivity index (χ4n) is 3.05. The Hall–Kier alpha value is -1.65. The van der Waals surface area contributed by atoms with Crippen molar-refractivity contribution in [1.29, 1.82) is 0 Å². The summed E-state index contributed by atoms with van der Waals surface area (Å²) >= 11 is 0. The van der Waals surface area contributed by atoms with Crippen molar-refractivity contribution < 1.29 is 14.6 Å². The molecular formula is C16H19NO3. The second-order valence-electron chi connectivity index (χ2n) is 5.55. The van der Waals surface area contributed by atoms with Crippen LogP contribution in [0.3, 0.4) is 0 Å². The van der Waals surface area contributed by atoms with Crippen molar-refractivity contribution >= 4 is 12.0 Å². The number of carbonyl (C=O) groups is 1. The van der Waals surface area contributed by atoms with E-state index in [4.69, 9.17) is 4.74 Å². The molecule has 106 valence electrons. The number of carbonyl (C=O) groups excluding carboxylic acids is 1. The first-order valence-electron chi connectivity index (χ1n) is 7.08. The molecule has 4 heteroatoms. The van der Waals surface area contributed by atoms with Crippen molar-refractivity contribution in [2.75, 3.05) is 0 Å². The van der Waals surface area contributed by atoms with Crippen LogP contribution in [0.5, 0.6) is 0 Å². The summed E-state index contributed by atoms with van der Waals surface area (Å²) in [7, 11) is 0. The smallest absolute Gasteiger partial charge is 0.331 e. The first kappa shape index (κ1) is 13.3. The minimum atomic E-state index is -0.311. The van der Waals surface area contributed by atoms with Crippen LogP contribution in [-0.2, 0) is 9.53 Å². The monoisotopic (exact) mass is 273 g/mol. The molecule has 0 spiro atoms. The van der Waals surface area contributed by atoms with Crippen LogP contribution in [-0.4, -0.2) is 35.4 Å². The number of benzene rings is 1. The third kappa shape index (κ3) is 3.08. The van der Waals surface area contributed by atoms with Gasteiger partial charge in [0, 0.05) is 24.6 Å². The molecule has 4 atom stereocenters. The molecule has 0 amide bonds. The first-order chi connectivity index (χ1) is 9.70. The molecule has 20 heavy (non-hydrogen) atoms. The Balaban J connectivity index is 1.53. The van der Waals surface area contributed by atoms with E-state index in [1.165, 1.54) is 6.08 Å². The van der Waals surface area contributed by atoms with Gasteiger partial charge in [-0.05, 0) is 24.5 Å². The maximum Gasteiger partial charge on any atom is 0.331 e. The zero-order valence-electron chi connectivity index (χ0n) is 11.2. The lowest BCUT2D eigenvalue weighted by Gasteiger charge is -2.28. The highest BCUT2D eigenvalue weighted by Crippen LogP contribution is 2.29. The van der Waals surface area contributed by atoms with Crippen LogP contribution < -0.4 is 5.32 Å². The summed E-state index contributed by atoms with van der Waals surface area (Å²) in [6.45, 7) is 0. The van der Waals surface area contributed by atoms with E-state index < -0.39 is 0 Å². The van der Waals surface area contributed by atoms with E-state index in [1.54, 1.807) is 6.08 Å². The quantitative estimate of drug-likeness (QED) is 0.647. The van der Waals surface area contributed by atoms with Gasteiger partial charge in [-0.3, -0.25) is 0 Å². The number of esters is 1. The normalized spacial score (nSPS) is 32.5. The van der Waals surface area contributed by atoms with Crippen LogP contribution in [0, 0.1) is 0 Å². The van der Waals surface area contributed by atoms with Gasteiger partial charge in [-0.1, -0.05) is 30.3 Å². The Bertz CT molecular complexity index is 498. The maximum atomic E-state index is 11.8. The predicted octanol–water partition coefficient (Wildman–Crippen LogP) is 1.50. The Kier molecular flexibility index (Phi) is 3.85. The molecule has 0 radical (unpaired) electrons. The molecule has 2 aliphatic heterocycles. The average molecular weight is 273 g/mol. The minimum Gasteiger partial charge on any atom is -0.459 e. The Morgan fingerprint density at radius 1 is 1.25 bits per heavy atom. The van der Waals surface area contributed by atoms with Gasteiger partial charge in [0.1, 0.15) is 6.10 Å². The highest BCUT2D eigenvalue weighted by atomic mass is 16.5. The number of aliphatic hydroxyl groups is 1. The number of hydrogen-bond donors (Lipinski definition) is 2. The van der Waals surface area contributed by atoms with Gasteiger partial charge >= 0.3 is 5.97 Å². The number of fused-ring (bicyclic) bond motifs is 2. The molecule has 0 saturated carbocycles. The lowest BCUT2D eigenvalue weighted by molar-refractivity contribution is -0.144. The molecule has 2 saturated heterocycles. The number of piperidine rings is 1. The van der Waals surface area contributed by atoms with Crippen molar-refractivity contribution in [2.45, 2.75) is 43.6 Å². The SMILES string of the molecule is O=C(C=Cc1ccccc1)O[C@H]1C[C@@H]2C[C@@H](O)[C@H](C1)N2. The molecule has 2 fully saturated rings. The summed E-state index contributed by atoms with van der Waals surface area (Å²) < 4.78 is 5.47. The largest absolute Gasteiger partial charge is 0.459 e. The van der Waals surface area contributed by atoms with Gasteiger partial charge < -0.3 is 15.2 Å². The summed E-state index contributed by atoms with van der Waals surface area (Å²) in [5.41, 5.74) is 0.977. The first-order valence-corrected chi connectivity index (χ1v) is 7.08. The number of ether oxygens (including phenoxy) is 1. The fraction of sp³-hybridized carbons (Fsp3) is 0.438. The Morgan fingerprint density at radius 2 is 2.05 bits per heavy atom. The van der Waals surface area contributed by atoms with Crippen LogP contribution in [0.1, 0.15) is 24.8 Å². The van der Waals surface area contributed by atoms with E-state index in [1.807, 2.05) is 30.3 Å². The van der Waals surface area contributed by atoms with Gasteiger partial charge in [0.2, 0.25) is 0 Å². The number of aliphatic hydroxyl groups excluding tert-OH is 1. The Labute approximate surface area is 118 Å². The van der Waals surface area contributed by atoms with Crippen molar-refractivity contribution in [1.82, 2.24) is 5.32 Å². The van der Waals surface area contributed by atoms with Gasteiger partial charge in [0.05, 0.1) is 6.10 Å². The van der Waals surface area contributed by atoms with E-state index in [9.17, 15) is 9.90 Å². The number of rotatable bonds is 3. The third-order valence-electron chi connectivity index (χ3n) is 4.00. The van der Waals surface area contributed by atoms with E-state index >= 15 is 0 Å². The van der Waals surface area contributed by atoms with E-state index in [0.29, 0.717) is 6.42 Å². The zero-order chi connectivity index (χ0) is 13.9. The van der Waals surface area contributed by atoms with E-state index in [-0.39, 0.29) is 30.3 Å². The second-order valence-corrected chi connectivity index (χ2v) is 5.55. The van der Waals surface area contributed by atoms with Crippen LogP contribution in [0.4, 0.5) is 0 Å². The third-order valence-corrected chi connectivity index (χ3v) is 4.00. The van der Waals surface area contributed by atoms with Gasteiger partial charge in [-0.25, -0.2) is 4.79 Å². The van der Waals surface area contributed by atoms with Crippen molar-refractivity contribution in [3.63, 3.8) is 0 Å². The minimum absolute atomic E-state index is 0.0738. The van der Waals surface area contributed by atoms with Crippen molar-refractivity contribution in [3.8, 4) is 0 Å². The molecule has 0 aromatic heterocycles. The molecule has 0 unspecified atom stereocenters. The summed E-state index contributed by atoms with van der Waals surface area (Å²) in [5.74, 6) is -0.311. The zero-order valence-corrected chi connectivity index (χ0v) is 11.2. The van der Waals surface area contributed by atoms with Gasteiger partial charge in [0.15, 0.2) is 0 Å². The maximum absolute atomic E-state index is 11.8. The fourth-order valence-corrected chi connectivity index (χ4v) is 3.05. The van der Waals surface area contributed by atoms with E-state index in [2.05, 4.69) is 5.32 Å². The lowest BCUT2D eigenvalue weighted by atomic mass is 10.0. The van der Waals surface area contributed by atoms with Crippen LogP contribution in [0.15, 0.2) is 36.4 Å². The second kappa shape index (κ2) is 5.77. The predicted molar refractivity (Wildman–Crippen MR) is 75.9 cm³/mol. The summed E-state index contributed by atoms with van der Waals surface area (Å²) in [4.78, 5) is 11.8. The number of nitrogens with one attached hydrogen (secondary N) is 1. The standard InChI is InChI=1S/C16H19NO3/c18-15-9-12-8-13(10-14(15)17-12)20-16(19)7-6-11-4-2-1-3-5-11/h1-7,12-15,17-18H,8-10H2/t12-,13+,14+,15-/m1/s1. The highest BCUT2D eigenvalue weighted by Gasteiger charge is 2.40. The molecule has 1 aromatic rings. The van der Waals surface area contributed by atoms with Gasteiger partial charge in [0.25, 0.3) is 0 Å². The van der Waals surface area contributed by atoms with Crippen molar-refractivity contribution in [3.05, 3.63) is 42.0 Å². The highest BCUT2D eigenvalue weighted by molar-refractivity contribution is 5.87. The summed E-state index contributed by atoms with van der Waals surface area (Å²) in [6.07, 6.45) is 5.09. The molecule has 2 aliphatic rings. The van der Waals surface area contributed by atoms with Gasteiger partial charge in [-0.2, -0.15) is 0 Å². The van der Waals surface area contributed by atoms with Crippen LogP contribution >= 0.6 is 0 Å². The van der Waals surface area contributed by atoms with Crippen LogP contribution in [0.2, 0.25) is 0 Å². The molecule has 2 heterocycles. The average Bonchev–Trinajstić information content (AvgIpc) is 2.71. The molecule has 2 N–H and O–H groups in total. The van der Waals surface area contributed by atoms with Crippen molar-refractivity contribution in [2.24, 2.45) is 0 Å². The number of hydrogen-bond acceptors (Lipinski definition) is 4. The molecule has 4 nitrogen and oxygen atoms in total. The summed E-state index contributed by atoms with van der Waals surface area (Å²) in [5, 5.41) is 13.1. The van der Waals surface area contributed by atoms with E-state index in [0.717, 1.165) is 18.4 Å². The molecule has 1 aromatic carbocycles. The molecule has 2 bridgehead atoms. The van der Waals surface area contributed by atoms with Crippen LogP contribution in [0.25, 0.3) is 6.08 Å². The molecular weight excluding hydrogens is 254 g/mol. The summed E-state index contributed by atoms with van der Waals surface area (Å²) in [6, 6.07) is 10.0. The lowest BCUT2D eigenvalue weighted by Crippen LogP contribution is -2.44. The molecule has 0 aliphatic carbocycles. The Morgan fingerprint density at radius 3 is 2.80 bits per heavy atom. The topological polar surface area (TPSA) is 58.6 Å².